The molecule has 1 unspecified atom stereocenters. The normalized spacial score (nSPS) is 11.6. The molecule has 0 fully saturated rings. The number of benzene rings is 3. The van der Waals surface area contributed by atoms with Crippen LogP contribution in [0.2, 0.25) is 0 Å². The number of carbonyl (C=O) groups is 2. The Kier molecular flexibility index (Phi) is 7.56. The Bertz CT molecular complexity index is 1110. The Morgan fingerprint density at radius 3 is 2.42 bits per heavy atom. The molecule has 0 saturated heterocycles. The molecular weight excluding hydrogens is 528 g/mol. The molecule has 0 heterocycles. The Hall–Kier alpha value is -2.58. The molecule has 0 saturated carbocycles. The van der Waals surface area contributed by atoms with Crippen molar-refractivity contribution in [2.75, 3.05) is 6.61 Å². The number of amides is 2. The molecule has 162 valence electrons. The average Bonchev–Trinajstić information content (AvgIpc) is 2.74. The van der Waals surface area contributed by atoms with Gasteiger partial charge in [-0.25, -0.2) is 0 Å². The highest BCUT2D eigenvalue weighted by Gasteiger charge is 2.18. The minimum atomic E-state index is -0.782. The summed E-state index contributed by atoms with van der Waals surface area (Å²) in [6.07, 6.45) is -0.782. The van der Waals surface area contributed by atoms with Crippen LogP contribution in [0.4, 0.5) is 0 Å². The third kappa shape index (κ3) is 5.77. The summed E-state index contributed by atoms with van der Waals surface area (Å²) >= 11 is 6.97. The van der Waals surface area contributed by atoms with Gasteiger partial charge in [-0.05, 0) is 76.8 Å². The zero-order valence-corrected chi connectivity index (χ0v) is 20.5. The van der Waals surface area contributed by atoms with E-state index in [1.165, 1.54) is 0 Å². The topological polar surface area (TPSA) is 76.7 Å². The van der Waals surface area contributed by atoms with E-state index in [0.717, 1.165) is 30.8 Å². The standard InChI is InChI=1S/C23H22Br2N2O4/c1-13-5-4-6-14(2)22(13)31-15(3)23(29)27-26-20(28)12-30-19-10-7-16-11-17(24)8-9-18(16)21(19)25/h4-11,15H,12H2,1-3H3,(H,26,28)(H,27,29). The van der Waals surface area contributed by atoms with Gasteiger partial charge in [0.1, 0.15) is 11.5 Å². The fourth-order valence-electron chi connectivity index (χ4n) is 2.98. The molecule has 0 radical (unpaired) electrons. The maximum Gasteiger partial charge on any atom is 0.279 e. The highest BCUT2D eigenvalue weighted by Crippen LogP contribution is 2.34. The molecule has 1 atom stereocenters. The molecule has 0 spiro atoms. The van der Waals surface area contributed by atoms with Crippen molar-refractivity contribution in [2.45, 2.75) is 26.9 Å². The molecule has 0 aromatic heterocycles. The van der Waals surface area contributed by atoms with E-state index in [9.17, 15) is 9.59 Å². The van der Waals surface area contributed by atoms with Crippen molar-refractivity contribution in [1.82, 2.24) is 10.9 Å². The van der Waals surface area contributed by atoms with Crippen LogP contribution in [0.25, 0.3) is 10.8 Å². The predicted octanol–water partition coefficient (Wildman–Crippen LogP) is 4.98. The number of nitrogens with one attached hydrogen (secondary N) is 2. The molecule has 0 aliphatic carbocycles. The zero-order chi connectivity index (χ0) is 22.5. The van der Waals surface area contributed by atoms with Crippen LogP contribution in [-0.2, 0) is 9.59 Å². The minimum Gasteiger partial charge on any atom is -0.483 e. The second kappa shape index (κ2) is 10.2. The Morgan fingerprint density at radius 2 is 1.71 bits per heavy atom. The molecule has 8 heteroatoms. The van der Waals surface area contributed by atoms with Crippen LogP contribution in [0.1, 0.15) is 18.1 Å². The van der Waals surface area contributed by atoms with Gasteiger partial charge in [-0.3, -0.25) is 20.4 Å². The number of hydrazine groups is 1. The molecule has 3 aromatic carbocycles. The first-order valence-corrected chi connectivity index (χ1v) is 11.2. The summed E-state index contributed by atoms with van der Waals surface area (Å²) < 4.78 is 13.1. The van der Waals surface area contributed by atoms with E-state index >= 15 is 0 Å². The molecular formula is C23H22Br2N2O4. The largest absolute Gasteiger partial charge is 0.483 e. The maximum absolute atomic E-state index is 12.3. The Labute approximate surface area is 197 Å². The first-order chi connectivity index (χ1) is 14.8. The summed E-state index contributed by atoms with van der Waals surface area (Å²) in [4.78, 5) is 24.4. The minimum absolute atomic E-state index is 0.257. The van der Waals surface area contributed by atoms with Crippen LogP contribution < -0.4 is 20.3 Å². The molecule has 2 N–H and O–H groups in total. The van der Waals surface area contributed by atoms with Crippen LogP contribution >= 0.6 is 31.9 Å². The van der Waals surface area contributed by atoms with Gasteiger partial charge in [0.15, 0.2) is 12.7 Å². The number of rotatable bonds is 6. The number of hydrogen-bond acceptors (Lipinski definition) is 4. The van der Waals surface area contributed by atoms with Gasteiger partial charge < -0.3 is 9.47 Å². The lowest BCUT2D eigenvalue weighted by Crippen LogP contribution is -2.48. The molecule has 3 rings (SSSR count). The number of halogens is 2. The van der Waals surface area contributed by atoms with Crippen LogP contribution in [0.5, 0.6) is 11.5 Å². The van der Waals surface area contributed by atoms with E-state index in [2.05, 4.69) is 42.7 Å². The monoisotopic (exact) mass is 548 g/mol. The Balaban J connectivity index is 1.52. The lowest BCUT2D eigenvalue weighted by atomic mass is 10.1. The summed E-state index contributed by atoms with van der Waals surface area (Å²) in [6, 6.07) is 15.3. The number of aryl methyl sites for hydroxylation is 2. The van der Waals surface area contributed by atoms with Crippen molar-refractivity contribution >= 4 is 54.4 Å². The van der Waals surface area contributed by atoms with Crippen molar-refractivity contribution in [3.05, 3.63) is 68.6 Å². The van der Waals surface area contributed by atoms with Crippen LogP contribution in [0.15, 0.2) is 57.5 Å². The number of ether oxygens (including phenoxy) is 2. The second-order valence-electron chi connectivity index (χ2n) is 7.05. The highest BCUT2D eigenvalue weighted by atomic mass is 79.9. The molecule has 3 aromatic rings. The van der Waals surface area contributed by atoms with Gasteiger partial charge in [-0.1, -0.05) is 46.3 Å². The summed E-state index contributed by atoms with van der Waals surface area (Å²) in [6.45, 7) is 5.19. The molecule has 6 nitrogen and oxygen atoms in total. The van der Waals surface area contributed by atoms with E-state index in [0.29, 0.717) is 11.5 Å². The van der Waals surface area contributed by atoms with Crippen LogP contribution in [0.3, 0.4) is 0 Å². The van der Waals surface area contributed by atoms with Crippen LogP contribution in [-0.4, -0.2) is 24.5 Å². The SMILES string of the molecule is Cc1cccc(C)c1OC(C)C(=O)NNC(=O)COc1ccc2cc(Br)ccc2c1Br. The van der Waals surface area contributed by atoms with Gasteiger partial charge in [0.05, 0.1) is 4.47 Å². The molecule has 0 bridgehead atoms. The van der Waals surface area contributed by atoms with Gasteiger partial charge in [-0.15, -0.1) is 0 Å². The number of hydrogen-bond donors (Lipinski definition) is 2. The summed E-state index contributed by atoms with van der Waals surface area (Å²) in [5.74, 6) is 0.236. The average molecular weight is 550 g/mol. The summed E-state index contributed by atoms with van der Waals surface area (Å²) in [5, 5.41) is 2.00. The lowest BCUT2D eigenvalue weighted by Gasteiger charge is -2.18. The third-order valence-electron chi connectivity index (χ3n) is 4.64. The molecule has 0 aliphatic rings. The lowest BCUT2D eigenvalue weighted by molar-refractivity contribution is -0.133. The van der Waals surface area contributed by atoms with E-state index in [4.69, 9.17) is 9.47 Å². The van der Waals surface area contributed by atoms with E-state index in [1.54, 1.807) is 13.0 Å². The fraction of sp³-hybridized carbons (Fsp3) is 0.217. The summed E-state index contributed by atoms with van der Waals surface area (Å²) in [5.41, 5.74) is 6.59. The molecule has 2 amide bonds. The smallest absolute Gasteiger partial charge is 0.279 e. The van der Waals surface area contributed by atoms with Crippen LogP contribution in [0, 0.1) is 13.8 Å². The van der Waals surface area contributed by atoms with Gasteiger partial charge in [0.25, 0.3) is 11.8 Å². The van der Waals surface area contributed by atoms with Gasteiger partial charge >= 0.3 is 0 Å². The van der Waals surface area contributed by atoms with Crippen molar-refractivity contribution in [1.29, 1.82) is 0 Å². The number of para-hydroxylation sites is 1. The van der Waals surface area contributed by atoms with Crippen molar-refractivity contribution in [3.63, 3.8) is 0 Å². The molecule has 0 aliphatic heterocycles. The summed E-state index contributed by atoms with van der Waals surface area (Å²) in [7, 11) is 0. The highest BCUT2D eigenvalue weighted by molar-refractivity contribution is 9.11. The zero-order valence-electron chi connectivity index (χ0n) is 17.3. The molecule has 31 heavy (non-hydrogen) atoms. The van der Waals surface area contributed by atoms with E-state index in [1.807, 2.05) is 56.3 Å². The Morgan fingerprint density at radius 1 is 1.00 bits per heavy atom. The quantitative estimate of drug-likeness (QED) is 0.425. The predicted molar refractivity (Wildman–Crippen MR) is 127 cm³/mol. The van der Waals surface area contributed by atoms with Gasteiger partial charge in [0.2, 0.25) is 0 Å². The van der Waals surface area contributed by atoms with Crippen molar-refractivity contribution in [3.8, 4) is 11.5 Å². The second-order valence-corrected chi connectivity index (χ2v) is 8.76. The van der Waals surface area contributed by atoms with Gasteiger partial charge in [-0.2, -0.15) is 0 Å². The van der Waals surface area contributed by atoms with Crippen molar-refractivity contribution in [2.24, 2.45) is 0 Å². The number of fused-ring (bicyclic) bond motifs is 1. The van der Waals surface area contributed by atoms with Crippen molar-refractivity contribution < 1.29 is 19.1 Å². The first-order valence-electron chi connectivity index (χ1n) is 9.58. The van der Waals surface area contributed by atoms with Gasteiger partial charge in [0, 0.05) is 4.47 Å². The maximum atomic E-state index is 12.3. The fourth-order valence-corrected chi connectivity index (χ4v) is 3.97. The number of carbonyl (C=O) groups excluding carboxylic acids is 2. The van der Waals surface area contributed by atoms with E-state index < -0.39 is 17.9 Å². The third-order valence-corrected chi connectivity index (χ3v) is 5.95. The first kappa shape index (κ1) is 23.1. The van der Waals surface area contributed by atoms with E-state index in [-0.39, 0.29) is 6.61 Å².